The van der Waals surface area contributed by atoms with E-state index in [9.17, 15) is 9.59 Å². The zero-order valence-corrected chi connectivity index (χ0v) is 9.43. The molecule has 2 rings (SSSR count). The molecule has 0 N–H and O–H groups in total. The first-order valence-corrected chi connectivity index (χ1v) is 5.54. The summed E-state index contributed by atoms with van der Waals surface area (Å²) in [6.45, 7) is 4.05. The molecule has 0 spiro atoms. The molecular weight excluding hydrogens is 210 g/mol. The molecule has 1 aliphatic heterocycles. The number of carbonyl (C=O) groups is 2. The van der Waals surface area contributed by atoms with Crippen LogP contribution in [0.2, 0.25) is 0 Å². The molecule has 78 valence electrons. The molecule has 0 saturated carbocycles. The van der Waals surface area contributed by atoms with Crippen molar-refractivity contribution >= 4 is 23.2 Å². The summed E-state index contributed by atoms with van der Waals surface area (Å²) in [7, 11) is 0. The van der Waals surface area contributed by atoms with Gasteiger partial charge in [0.2, 0.25) is 0 Å². The second-order valence-corrected chi connectivity index (χ2v) is 4.58. The summed E-state index contributed by atoms with van der Waals surface area (Å²) in [5.74, 6) is -0.377. The van der Waals surface area contributed by atoms with Crippen LogP contribution in [0.15, 0.2) is 23.1 Å². The van der Waals surface area contributed by atoms with E-state index in [1.54, 1.807) is 18.3 Å². The Morgan fingerprint density at radius 1 is 1.33 bits per heavy atom. The van der Waals surface area contributed by atoms with Crippen molar-refractivity contribution < 1.29 is 9.59 Å². The summed E-state index contributed by atoms with van der Waals surface area (Å²) >= 11 is 1.57. The molecule has 1 aromatic rings. The summed E-state index contributed by atoms with van der Waals surface area (Å²) in [6.07, 6.45) is 1.39. The van der Waals surface area contributed by atoms with Gasteiger partial charge in [0, 0.05) is 16.5 Å². The Hall–Kier alpha value is -1.42. The SMILES string of the molecule is CC1=CC(=O)N(Cc2sccc2C)C1=O. The zero-order valence-electron chi connectivity index (χ0n) is 8.61. The van der Waals surface area contributed by atoms with E-state index in [4.69, 9.17) is 0 Å². The first-order chi connectivity index (χ1) is 7.09. The predicted molar refractivity (Wildman–Crippen MR) is 58.4 cm³/mol. The molecule has 0 unspecified atom stereocenters. The van der Waals surface area contributed by atoms with Gasteiger partial charge in [-0.25, -0.2) is 0 Å². The Balaban J connectivity index is 2.19. The number of amides is 2. The first kappa shape index (κ1) is 10.1. The molecule has 0 aromatic carbocycles. The zero-order chi connectivity index (χ0) is 11.0. The maximum atomic E-state index is 11.6. The lowest BCUT2D eigenvalue weighted by Gasteiger charge is -2.13. The quantitative estimate of drug-likeness (QED) is 0.715. The highest BCUT2D eigenvalue weighted by Crippen LogP contribution is 2.21. The minimum atomic E-state index is -0.203. The molecule has 0 bridgehead atoms. The van der Waals surface area contributed by atoms with Gasteiger partial charge in [0.15, 0.2) is 0 Å². The second kappa shape index (κ2) is 3.62. The van der Waals surface area contributed by atoms with E-state index in [2.05, 4.69) is 0 Å². The van der Waals surface area contributed by atoms with Gasteiger partial charge in [-0.3, -0.25) is 14.5 Å². The maximum absolute atomic E-state index is 11.6. The van der Waals surface area contributed by atoms with Crippen molar-refractivity contribution in [2.45, 2.75) is 20.4 Å². The van der Waals surface area contributed by atoms with Crippen molar-refractivity contribution in [2.24, 2.45) is 0 Å². The molecule has 0 aliphatic carbocycles. The number of hydrogen-bond acceptors (Lipinski definition) is 3. The molecule has 1 aromatic heterocycles. The average molecular weight is 221 g/mol. The number of rotatable bonds is 2. The van der Waals surface area contributed by atoms with Gasteiger partial charge in [0.25, 0.3) is 11.8 Å². The summed E-state index contributed by atoms with van der Waals surface area (Å²) in [5, 5.41) is 1.97. The van der Waals surface area contributed by atoms with Crippen molar-refractivity contribution in [3.05, 3.63) is 33.5 Å². The van der Waals surface area contributed by atoms with E-state index >= 15 is 0 Å². The van der Waals surface area contributed by atoms with Crippen LogP contribution in [0.25, 0.3) is 0 Å². The number of thiophene rings is 1. The van der Waals surface area contributed by atoms with Crippen molar-refractivity contribution in [2.75, 3.05) is 0 Å². The third kappa shape index (κ3) is 1.72. The fourth-order valence-corrected chi connectivity index (χ4v) is 2.39. The molecule has 2 amide bonds. The monoisotopic (exact) mass is 221 g/mol. The van der Waals surface area contributed by atoms with Gasteiger partial charge in [0.05, 0.1) is 6.54 Å². The molecule has 2 heterocycles. The topological polar surface area (TPSA) is 37.4 Å². The van der Waals surface area contributed by atoms with Crippen molar-refractivity contribution in [3.63, 3.8) is 0 Å². The van der Waals surface area contributed by atoms with E-state index in [-0.39, 0.29) is 11.8 Å². The number of hydrogen-bond donors (Lipinski definition) is 0. The number of imide groups is 1. The van der Waals surface area contributed by atoms with Gasteiger partial charge in [-0.2, -0.15) is 0 Å². The van der Waals surface area contributed by atoms with Crippen LogP contribution in [-0.2, 0) is 16.1 Å². The Morgan fingerprint density at radius 3 is 2.53 bits per heavy atom. The van der Waals surface area contributed by atoms with E-state index < -0.39 is 0 Å². The van der Waals surface area contributed by atoms with Crippen LogP contribution in [0.3, 0.4) is 0 Å². The van der Waals surface area contributed by atoms with Crippen LogP contribution < -0.4 is 0 Å². The standard InChI is InChI=1S/C11H11NO2S/c1-7-3-4-15-9(7)6-12-10(13)5-8(2)11(12)14/h3-5H,6H2,1-2H3. The van der Waals surface area contributed by atoms with Crippen LogP contribution in [0.1, 0.15) is 17.4 Å². The Bertz CT molecular complexity index is 459. The van der Waals surface area contributed by atoms with Gasteiger partial charge < -0.3 is 0 Å². The van der Waals surface area contributed by atoms with Crippen molar-refractivity contribution in [1.29, 1.82) is 0 Å². The summed E-state index contributed by atoms with van der Waals surface area (Å²) < 4.78 is 0. The summed E-state index contributed by atoms with van der Waals surface area (Å²) in [6, 6.07) is 1.99. The van der Waals surface area contributed by atoms with Gasteiger partial charge >= 0.3 is 0 Å². The lowest BCUT2D eigenvalue weighted by atomic mass is 10.3. The van der Waals surface area contributed by atoms with Crippen LogP contribution in [-0.4, -0.2) is 16.7 Å². The van der Waals surface area contributed by atoms with Crippen LogP contribution >= 0.6 is 11.3 Å². The highest BCUT2D eigenvalue weighted by Gasteiger charge is 2.28. The average Bonchev–Trinajstić information content (AvgIpc) is 2.67. The molecule has 1 aliphatic rings. The summed E-state index contributed by atoms with van der Waals surface area (Å²) in [4.78, 5) is 25.4. The van der Waals surface area contributed by atoms with Crippen LogP contribution in [0.5, 0.6) is 0 Å². The highest BCUT2D eigenvalue weighted by atomic mass is 32.1. The number of carbonyl (C=O) groups excluding carboxylic acids is 2. The normalized spacial score (nSPS) is 16.1. The van der Waals surface area contributed by atoms with E-state index in [0.29, 0.717) is 12.1 Å². The predicted octanol–water partition coefficient (Wildman–Crippen LogP) is 1.87. The fourth-order valence-electron chi connectivity index (χ4n) is 1.50. The molecule has 3 nitrogen and oxygen atoms in total. The lowest BCUT2D eigenvalue weighted by molar-refractivity contribution is -0.137. The third-order valence-corrected chi connectivity index (χ3v) is 3.47. The second-order valence-electron chi connectivity index (χ2n) is 3.58. The molecular formula is C11H11NO2S. The van der Waals surface area contributed by atoms with Gasteiger partial charge in [-0.15, -0.1) is 11.3 Å². The molecule has 0 saturated heterocycles. The maximum Gasteiger partial charge on any atom is 0.256 e. The van der Waals surface area contributed by atoms with Gasteiger partial charge in [0.1, 0.15) is 0 Å². The lowest BCUT2D eigenvalue weighted by Crippen LogP contribution is -2.30. The highest BCUT2D eigenvalue weighted by molar-refractivity contribution is 7.10. The molecule has 4 heteroatoms. The minimum absolute atomic E-state index is 0.173. The van der Waals surface area contributed by atoms with Crippen LogP contribution in [0, 0.1) is 6.92 Å². The minimum Gasteiger partial charge on any atom is -0.270 e. The van der Waals surface area contributed by atoms with Crippen LogP contribution in [0.4, 0.5) is 0 Å². The first-order valence-electron chi connectivity index (χ1n) is 4.66. The Labute approximate surface area is 92.0 Å². The third-order valence-electron chi connectivity index (χ3n) is 2.46. The number of nitrogens with zero attached hydrogens (tertiary/aromatic N) is 1. The van der Waals surface area contributed by atoms with E-state index in [0.717, 1.165) is 10.4 Å². The van der Waals surface area contributed by atoms with Gasteiger partial charge in [-0.05, 0) is 30.9 Å². The molecule has 0 fully saturated rings. The van der Waals surface area contributed by atoms with Crippen molar-refractivity contribution in [1.82, 2.24) is 4.90 Å². The number of aryl methyl sites for hydroxylation is 1. The Kier molecular flexibility index (Phi) is 2.44. The fraction of sp³-hybridized carbons (Fsp3) is 0.273. The summed E-state index contributed by atoms with van der Waals surface area (Å²) in [5.41, 5.74) is 1.65. The molecule has 0 radical (unpaired) electrons. The Morgan fingerprint density at radius 2 is 2.07 bits per heavy atom. The molecule has 15 heavy (non-hydrogen) atoms. The van der Waals surface area contributed by atoms with E-state index in [1.807, 2.05) is 18.4 Å². The van der Waals surface area contributed by atoms with E-state index in [1.165, 1.54) is 11.0 Å². The molecule has 0 atom stereocenters. The van der Waals surface area contributed by atoms with Gasteiger partial charge in [-0.1, -0.05) is 0 Å². The van der Waals surface area contributed by atoms with Crippen molar-refractivity contribution in [3.8, 4) is 0 Å². The largest absolute Gasteiger partial charge is 0.270 e. The smallest absolute Gasteiger partial charge is 0.256 e.